The summed E-state index contributed by atoms with van der Waals surface area (Å²) in [6.07, 6.45) is 2.84. The van der Waals surface area contributed by atoms with Gasteiger partial charge in [-0.15, -0.1) is 6.58 Å². The molecule has 0 amide bonds. The van der Waals surface area contributed by atoms with E-state index in [-0.39, 0.29) is 18.8 Å². The topological polar surface area (TPSA) is 0 Å². The second-order valence-corrected chi connectivity index (χ2v) is 3.53. The summed E-state index contributed by atoms with van der Waals surface area (Å²) in [6.45, 7) is 5.61. The smallest absolute Gasteiger partial charge is 0.207 e. The van der Waals surface area contributed by atoms with Crippen molar-refractivity contribution >= 4 is 0 Å². The van der Waals surface area contributed by atoms with Crippen molar-refractivity contribution in [3.63, 3.8) is 0 Å². The number of rotatable bonds is 3. The first-order chi connectivity index (χ1) is 5.05. The molecule has 2 heteroatoms. The Morgan fingerprint density at radius 3 is 2.55 bits per heavy atom. The van der Waals surface area contributed by atoms with Crippen LogP contribution >= 0.6 is 0 Å². The van der Waals surface area contributed by atoms with Crippen molar-refractivity contribution in [3.05, 3.63) is 12.7 Å². The number of allylic oxidation sites excluding steroid dienone is 1. The van der Waals surface area contributed by atoms with Crippen LogP contribution in [-0.4, -0.2) is 5.92 Å². The summed E-state index contributed by atoms with van der Waals surface area (Å²) in [7, 11) is 0. The normalized spacial score (nSPS) is 25.7. The van der Waals surface area contributed by atoms with E-state index in [4.69, 9.17) is 0 Å². The Kier molecular flexibility index (Phi) is 2.31. The van der Waals surface area contributed by atoms with E-state index in [2.05, 4.69) is 6.58 Å². The third-order valence-electron chi connectivity index (χ3n) is 2.46. The Balaban J connectivity index is 2.26. The van der Waals surface area contributed by atoms with Gasteiger partial charge in [0.15, 0.2) is 0 Å². The molecule has 0 nitrogen and oxygen atoms in total. The fourth-order valence-electron chi connectivity index (χ4n) is 1.57. The maximum absolute atomic E-state index is 12.4. The number of alkyl halides is 2. The van der Waals surface area contributed by atoms with Crippen molar-refractivity contribution in [3.8, 4) is 0 Å². The maximum Gasteiger partial charge on any atom is 0.248 e. The second-order valence-electron chi connectivity index (χ2n) is 3.53. The van der Waals surface area contributed by atoms with Crippen molar-refractivity contribution in [2.45, 2.75) is 32.1 Å². The third-order valence-corrected chi connectivity index (χ3v) is 2.46. The van der Waals surface area contributed by atoms with Crippen LogP contribution in [0.5, 0.6) is 0 Å². The molecular weight excluding hydrogens is 146 g/mol. The van der Waals surface area contributed by atoms with E-state index in [1.807, 2.05) is 6.92 Å². The lowest BCUT2D eigenvalue weighted by Crippen LogP contribution is -2.38. The number of hydrogen-bond acceptors (Lipinski definition) is 0. The predicted molar refractivity (Wildman–Crippen MR) is 41.6 cm³/mol. The fourth-order valence-corrected chi connectivity index (χ4v) is 1.57. The zero-order valence-electron chi connectivity index (χ0n) is 6.82. The Morgan fingerprint density at radius 1 is 1.64 bits per heavy atom. The van der Waals surface area contributed by atoms with Crippen molar-refractivity contribution in [2.24, 2.45) is 11.8 Å². The van der Waals surface area contributed by atoms with Crippen LogP contribution in [0.25, 0.3) is 0 Å². The highest BCUT2D eigenvalue weighted by molar-refractivity contribution is 4.90. The van der Waals surface area contributed by atoms with Crippen LogP contribution in [0.4, 0.5) is 8.78 Å². The number of hydrogen-bond donors (Lipinski definition) is 0. The van der Waals surface area contributed by atoms with Gasteiger partial charge in [0.05, 0.1) is 0 Å². The van der Waals surface area contributed by atoms with Gasteiger partial charge < -0.3 is 0 Å². The summed E-state index contributed by atoms with van der Waals surface area (Å²) >= 11 is 0. The van der Waals surface area contributed by atoms with Crippen LogP contribution in [0.2, 0.25) is 0 Å². The summed E-state index contributed by atoms with van der Waals surface area (Å²) in [4.78, 5) is 0. The van der Waals surface area contributed by atoms with Crippen LogP contribution in [-0.2, 0) is 0 Å². The molecule has 1 aliphatic rings. The summed E-state index contributed by atoms with van der Waals surface area (Å²) in [5.74, 6) is -1.75. The van der Waals surface area contributed by atoms with Gasteiger partial charge in [-0.25, -0.2) is 8.78 Å². The molecule has 0 aromatic rings. The first-order valence-electron chi connectivity index (χ1n) is 4.04. The van der Waals surface area contributed by atoms with E-state index >= 15 is 0 Å². The summed E-state index contributed by atoms with van der Waals surface area (Å²) < 4.78 is 24.7. The predicted octanol–water partition coefficient (Wildman–Crippen LogP) is 3.24. The average Bonchev–Trinajstić information content (AvgIpc) is 1.83. The molecule has 0 N–H and O–H groups in total. The van der Waals surface area contributed by atoms with Gasteiger partial charge in [0.25, 0.3) is 0 Å². The first kappa shape index (κ1) is 8.69. The molecule has 1 unspecified atom stereocenters. The van der Waals surface area contributed by atoms with Crippen LogP contribution in [0.1, 0.15) is 26.2 Å². The van der Waals surface area contributed by atoms with Crippen LogP contribution in [0, 0.1) is 11.8 Å². The lowest BCUT2D eigenvalue weighted by atomic mass is 9.73. The van der Waals surface area contributed by atoms with Gasteiger partial charge >= 0.3 is 0 Å². The van der Waals surface area contributed by atoms with Gasteiger partial charge in [0, 0.05) is 12.8 Å². The van der Waals surface area contributed by atoms with Crippen molar-refractivity contribution in [1.29, 1.82) is 0 Å². The minimum Gasteiger partial charge on any atom is -0.207 e. The van der Waals surface area contributed by atoms with Gasteiger partial charge in [0.2, 0.25) is 5.92 Å². The summed E-state index contributed by atoms with van der Waals surface area (Å²) in [5, 5.41) is 0. The van der Waals surface area contributed by atoms with E-state index < -0.39 is 5.92 Å². The number of halogens is 2. The van der Waals surface area contributed by atoms with Gasteiger partial charge in [0.1, 0.15) is 0 Å². The van der Waals surface area contributed by atoms with E-state index in [1.54, 1.807) is 6.08 Å². The summed E-state index contributed by atoms with van der Waals surface area (Å²) in [5.41, 5.74) is 0. The standard InChI is InChI=1S/C9H14F2/c1-3-4-7(2)8-5-9(10,11)6-8/h3,7-8H,1,4-6H2,2H3. The van der Waals surface area contributed by atoms with E-state index in [9.17, 15) is 8.78 Å². The van der Waals surface area contributed by atoms with Gasteiger partial charge in [-0.1, -0.05) is 13.0 Å². The highest BCUT2D eigenvalue weighted by Gasteiger charge is 2.46. The minimum absolute atomic E-state index is 0.0853. The molecule has 0 aromatic carbocycles. The molecule has 1 aliphatic carbocycles. The van der Waals surface area contributed by atoms with Crippen molar-refractivity contribution < 1.29 is 8.78 Å². The zero-order chi connectivity index (χ0) is 8.48. The van der Waals surface area contributed by atoms with Crippen molar-refractivity contribution in [2.75, 3.05) is 0 Å². The zero-order valence-corrected chi connectivity index (χ0v) is 6.82. The highest BCUT2D eigenvalue weighted by atomic mass is 19.3. The van der Waals surface area contributed by atoms with E-state index in [0.717, 1.165) is 6.42 Å². The molecular formula is C9H14F2. The summed E-state index contributed by atoms with van der Waals surface area (Å²) in [6, 6.07) is 0. The highest BCUT2D eigenvalue weighted by Crippen LogP contribution is 2.46. The van der Waals surface area contributed by atoms with Gasteiger partial charge in [-0.2, -0.15) is 0 Å². The molecule has 0 aliphatic heterocycles. The molecule has 64 valence electrons. The molecule has 0 radical (unpaired) electrons. The van der Waals surface area contributed by atoms with Crippen LogP contribution < -0.4 is 0 Å². The van der Waals surface area contributed by atoms with Crippen LogP contribution in [0.15, 0.2) is 12.7 Å². The van der Waals surface area contributed by atoms with Crippen LogP contribution in [0.3, 0.4) is 0 Å². The molecule has 1 rings (SSSR count). The van der Waals surface area contributed by atoms with Crippen molar-refractivity contribution in [1.82, 2.24) is 0 Å². The SMILES string of the molecule is C=CCC(C)C1CC(F)(F)C1. The molecule has 0 bridgehead atoms. The quantitative estimate of drug-likeness (QED) is 0.556. The Bertz CT molecular complexity index is 144. The Hall–Kier alpha value is -0.400. The van der Waals surface area contributed by atoms with E-state index in [1.165, 1.54) is 0 Å². The molecule has 11 heavy (non-hydrogen) atoms. The molecule has 1 atom stereocenters. The largest absolute Gasteiger partial charge is 0.248 e. The first-order valence-corrected chi connectivity index (χ1v) is 4.04. The third kappa shape index (κ3) is 2.01. The molecule has 0 aromatic heterocycles. The monoisotopic (exact) mass is 160 g/mol. The lowest BCUT2D eigenvalue weighted by molar-refractivity contribution is -0.123. The van der Waals surface area contributed by atoms with Gasteiger partial charge in [-0.05, 0) is 18.3 Å². The fraction of sp³-hybridized carbons (Fsp3) is 0.778. The van der Waals surface area contributed by atoms with E-state index in [0.29, 0.717) is 5.92 Å². The molecule has 1 fully saturated rings. The maximum atomic E-state index is 12.4. The van der Waals surface area contributed by atoms with Gasteiger partial charge in [-0.3, -0.25) is 0 Å². The average molecular weight is 160 g/mol. The second kappa shape index (κ2) is 2.92. The lowest BCUT2D eigenvalue weighted by Gasteiger charge is -2.38. The molecule has 0 spiro atoms. The minimum atomic E-state index is -2.36. The Labute approximate surface area is 66.3 Å². The molecule has 0 heterocycles. The molecule has 0 saturated heterocycles. The Morgan fingerprint density at radius 2 is 2.18 bits per heavy atom. The molecule has 1 saturated carbocycles.